The van der Waals surface area contributed by atoms with Gasteiger partial charge in [-0.15, -0.1) is 0 Å². The number of hydrogen-bond acceptors (Lipinski definition) is 3. The summed E-state index contributed by atoms with van der Waals surface area (Å²) >= 11 is 0. The van der Waals surface area contributed by atoms with E-state index >= 15 is 0 Å². The van der Waals surface area contributed by atoms with Gasteiger partial charge >= 0.3 is 6.09 Å². The molecule has 1 aliphatic rings. The molecule has 2 atom stereocenters. The molecule has 1 rings (SSSR count). The first-order chi connectivity index (χ1) is 7.83. The number of hydrogen-bond donors (Lipinski definition) is 1. The number of likely N-dealkylation sites (tertiary alicyclic amines) is 1. The topological polar surface area (TPSA) is 41.6 Å². The lowest BCUT2D eigenvalue weighted by atomic mass is 10.0. The summed E-state index contributed by atoms with van der Waals surface area (Å²) < 4.78 is 19.0. The Balaban J connectivity index is 2.46. The monoisotopic (exact) mass is 246 g/mol. The maximum Gasteiger partial charge on any atom is 0.410 e. The van der Waals surface area contributed by atoms with Crippen LogP contribution in [0.5, 0.6) is 0 Å². The van der Waals surface area contributed by atoms with E-state index in [4.69, 9.17) is 4.74 Å². The van der Waals surface area contributed by atoms with Gasteiger partial charge in [0, 0.05) is 12.6 Å². The van der Waals surface area contributed by atoms with Crippen molar-refractivity contribution in [1.82, 2.24) is 10.2 Å². The van der Waals surface area contributed by atoms with E-state index in [0.717, 1.165) is 6.54 Å². The van der Waals surface area contributed by atoms with Crippen LogP contribution in [0.3, 0.4) is 0 Å². The maximum absolute atomic E-state index is 13.8. The number of piperidine rings is 1. The van der Waals surface area contributed by atoms with Gasteiger partial charge in [0.15, 0.2) is 0 Å². The van der Waals surface area contributed by atoms with Crippen molar-refractivity contribution in [3.63, 3.8) is 0 Å². The first-order valence-electron chi connectivity index (χ1n) is 6.19. The van der Waals surface area contributed by atoms with Gasteiger partial charge in [-0.3, -0.25) is 0 Å². The van der Waals surface area contributed by atoms with Crippen molar-refractivity contribution in [3.8, 4) is 0 Å². The summed E-state index contributed by atoms with van der Waals surface area (Å²) in [7, 11) is 0. The third-order valence-corrected chi connectivity index (χ3v) is 2.66. The van der Waals surface area contributed by atoms with Crippen molar-refractivity contribution in [1.29, 1.82) is 0 Å². The van der Waals surface area contributed by atoms with Crippen LogP contribution in [0.4, 0.5) is 9.18 Å². The molecule has 1 N–H and O–H groups in total. The third kappa shape index (κ3) is 4.50. The number of nitrogens with zero attached hydrogens (tertiary/aromatic N) is 1. The van der Waals surface area contributed by atoms with Gasteiger partial charge in [0.2, 0.25) is 0 Å². The smallest absolute Gasteiger partial charge is 0.410 e. The highest BCUT2D eigenvalue weighted by atomic mass is 19.1. The Morgan fingerprint density at radius 3 is 2.65 bits per heavy atom. The van der Waals surface area contributed by atoms with E-state index in [-0.39, 0.29) is 12.6 Å². The molecule has 1 amide bonds. The molecule has 0 bridgehead atoms. The standard InChI is InChI=1S/C12H23FN2O2/c1-5-14-10-6-7-15(8-9(10)13)11(16)17-12(2,3)4/h9-10,14H,5-8H2,1-4H3. The fraction of sp³-hybridized carbons (Fsp3) is 0.917. The lowest BCUT2D eigenvalue weighted by Crippen LogP contribution is -2.53. The van der Waals surface area contributed by atoms with Gasteiger partial charge < -0.3 is 15.0 Å². The van der Waals surface area contributed by atoms with Gasteiger partial charge in [0.1, 0.15) is 11.8 Å². The fourth-order valence-electron chi connectivity index (χ4n) is 1.89. The Bertz CT molecular complexity index is 266. The van der Waals surface area contributed by atoms with Gasteiger partial charge in [0.25, 0.3) is 0 Å². The lowest BCUT2D eigenvalue weighted by molar-refractivity contribution is 0.00958. The number of carbonyl (C=O) groups is 1. The zero-order valence-electron chi connectivity index (χ0n) is 11.1. The van der Waals surface area contributed by atoms with Crippen molar-refractivity contribution in [2.45, 2.75) is 51.9 Å². The summed E-state index contributed by atoms with van der Waals surface area (Å²) in [6.07, 6.45) is -0.805. The average Bonchev–Trinajstić information content (AvgIpc) is 2.18. The van der Waals surface area contributed by atoms with E-state index < -0.39 is 17.9 Å². The van der Waals surface area contributed by atoms with E-state index in [0.29, 0.717) is 13.0 Å². The van der Waals surface area contributed by atoms with Crippen LogP contribution >= 0.6 is 0 Å². The number of amides is 1. The number of halogens is 1. The molecule has 0 aromatic heterocycles. The molecule has 5 heteroatoms. The fourth-order valence-corrected chi connectivity index (χ4v) is 1.89. The minimum atomic E-state index is -1.02. The molecule has 0 radical (unpaired) electrons. The van der Waals surface area contributed by atoms with Crippen LogP contribution in [-0.4, -0.2) is 48.4 Å². The molecule has 1 heterocycles. The van der Waals surface area contributed by atoms with Crippen LogP contribution in [0.15, 0.2) is 0 Å². The lowest BCUT2D eigenvalue weighted by Gasteiger charge is -2.35. The second kappa shape index (κ2) is 5.67. The minimum absolute atomic E-state index is 0.118. The van der Waals surface area contributed by atoms with E-state index in [9.17, 15) is 9.18 Å². The zero-order chi connectivity index (χ0) is 13.1. The van der Waals surface area contributed by atoms with Crippen LogP contribution in [0.1, 0.15) is 34.1 Å². The quantitative estimate of drug-likeness (QED) is 0.809. The van der Waals surface area contributed by atoms with E-state index in [1.165, 1.54) is 4.90 Å². The highest BCUT2D eigenvalue weighted by Gasteiger charge is 2.32. The number of ether oxygens (including phenoxy) is 1. The molecule has 4 nitrogen and oxygen atoms in total. The predicted molar refractivity (Wildman–Crippen MR) is 64.8 cm³/mol. The Morgan fingerprint density at radius 2 is 2.18 bits per heavy atom. The van der Waals surface area contributed by atoms with Gasteiger partial charge in [-0.2, -0.15) is 0 Å². The van der Waals surface area contributed by atoms with Crippen molar-refractivity contribution in [3.05, 3.63) is 0 Å². The summed E-state index contributed by atoms with van der Waals surface area (Å²) in [5.74, 6) is 0. The summed E-state index contributed by atoms with van der Waals surface area (Å²) in [6.45, 7) is 8.79. The summed E-state index contributed by atoms with van der Waals surface area (Å²) in [6, 6.07) is -0.140. The maximum atomic E-state index is 13.8. The number of carbonyl (C=O) groups excluding carboxylic acids is 1. The first kappa shape index (κ1) is 14.2. The molecule has 1 fully saturated rings. The Hall–Kier alpha value is -0.840. The molecule has 0 spiro atoms. The van der Waals surface area contributed by atoms with Gasteiger partial charge in [-0.1, -0.05) is 6.92 Å². The molecular formula is C12H23FN2O2. The SMILES string of the molecule is CCNC1CCN(C(=O)OC(C)(C)C)CC1F. The normalized spacial score (nSPS) is 25.8. The highest BCUT2D eigenvalue weighted by molar-refractivity contribution is 5.68. The van der Waals surface area contributed by atoms with Crippen molar-refractivity contribution < 1.29 is 13.9 Å². The minimum Gasteiger partial charge on any atom is -0.444 e. The van der Waals surface area contributed by atoms with Crippen molar-refractivity contribution in [2.75, 3.05) is 19.6 Å². The zero-order valence-corrected chi connectivity index (χ0v) is 11.1. The van der Waals surface area contributed by atoms with Crippen LogP contribution in [0, 0.1) is 0 Å². The van der Waals surface area contributed by atoms with Crippen LogP contribution < -0.4 is 5.32 Å². The average molecular weight is 246 g/mol. The number of alkyl halides is 1. The summed E-state index contributed by atoms with van der Waals surface area (Å²) in [4.78, 5) is 13.2. The first-order valence-corrected chi connectivity index (χ1v) is 6.19. The summed E-state index contributed by atoms with van der Waals surface area (Å²) in [5.41, 5.74) is -0.526. The molecule has 1 aliphatic heterocycles. The van der Waals surface area contributed by atoms with E-state index in [1.54, 1.807) is 0 Å². The number of nitrogens with one attached hydrogen (secondary N) is 1. The second-order valence-electron chi connectivity index (χ2n) is 5.40. The van der Waals surface area contributed by atoms with Gasteiger partial charge in [0.05, 0.1) is 6.54 Å². The third-order valence-electron chi connectivity index (χ3n) is 2.66. The Kier molecular flexibility index (Phi) is 4.74. The largest absolute Gasteiger partial charge is 0.444 e. The second-order valence-corrected chi connectivity index (χ2v) is 5.40. The van der Waals surface area contributed by atoms with E-state index in [2.05, 4.69) is 5.32 Å². The molecule has 0 aliphatic carbocycles. The van der Waals surface area contributed by atoms with E-state index in [1.807, 2.05) is 27.7 Å². The molecule has 17 heavy (non-hydrogen) atoms. The summed E-state index contributed by atoms with van der Waals surface area (Å²) in [5, 5.41) is 3.09. The van der Waals surface area contributed by atoms with Crippen LogP contribution in [0.2, 0.25) is 0 Å². The molecule has 2 unspecified atom stereocenters. The Morgan fingerprint density at radius 1 is 1.53 bits per heavy atom. The Labute approximate surface area is 102 Å². The van der Waals surface area contributed by atoms with Crippen molar-refractivity contribution in [2.24, 2.45) is 0 Å². The predicted octanol–water partition coefficient (Wildman–Crippen LogP) is 1.94. The van der Waals surface area contributed by atoms with Gasteiger partial charge in [-0.05, 0) is 33.7 Å². The van der Waals surface area contributed by atoms with Crippen LogP contribution in [0.25, 0.3) is 0 Å². The van der Waals surface area contributed by atoms with Crippen LogP contribution in [-0.2, 0) is 4.74 Å². The highest BCUT2D eigenvalue weighted by Crippen LogP contribution is 2.17. The molecule has 1 saturated heterocycles. The molecular weight excluding hydrogens is 223 g/mol. The molecule has 100 valence electrons. The number of rotatable bonds is 2. The van der Waals surface area contributed by atoms with Crippen molar-refractivity contribution >= 4 is 6.09 Å². The van der Waals surface area contributed by atoms with Gasteiger partial charge in [-0.25, -0.2) is 9.18 Å². The molecule has 0 aromatic rings. The molecule has 0 saturated carbocycles. The molecule has 0 aromatic carbocycles.